The summed E-state index contributed by atoms with van der Waals surface area (Å²) in [4.78, 5) is 9.81. The number of hydrogen-bond acceptors (Lipinski definition) is 5. The van der Waals surface area contributed by atoms with Crippen LogP contribution in [0.3, 0.4) is 0 Å². The predicted molar refractivity (Wildman–Crippen MR) is 101 cm³/mol. The van der Waals surface area contributed by atoms with Gasteiger partial charge in [0.05, 0.1) is 13.2 Å². The van der Waals surface area contributed by atoms with Crippen LogP contribution < -0.4 is 5.73 Å². The molecule has 1 aromatic rings. The van der Waals surface area contributed by atoms with Gasteiger partial charge in [0, 0.05) is 46.4 Å². The number of nitrogens with zero attached hydrogens (tertiary/aromatic N) is 2. The van der Waals surface area contributed by atoms with Crippen molar-refractivity contribution in [3.05, 3.63) is 27.2 Å². The third-order valence-corrected chi connectivity index (χ3v) is 7.51. The number of nitrogens with two attached hydrogens (primary N) is 1. The summed E-state index contributed by atoms with van der Waals surface area (Å²) in [5.41, 5.74) is 10.3. The third kappa shape index (κ3) is 1.96. The Morgan fingerprint density at radius 1 is 1.08 bits per heavy atom. The molecule has 2 aliphatic carbocycles. The number of halogens is 1. The van der Waals surface area contributed by atoms with E-state index in [9.17, 15) is 0 Å². The standard InChI is InChI=1S/C19H22BrN3O2/c1-12-15(20)10-14-13(16(12)21)11-17(19(14)22-6-7-23-19)2-4-18(5-3-17)24-8-9-25-18/h6-7,10H,2-5,8-9,11,21H2,1H3. The van der Waals surface area contributed by atoms with Gasteiger partial charge in [-0.2, -0.15) is 0 Å². The average Bonchev–Trinajstić information content (AvgIpc) is 3.33. The lowest BCUT2D eigenvalue weighted by atomic mass is 9.65. The summed E-state index contributed by atoms with van der Waals surface area (Å²) in [6.07, 6.45) is 8.36. The fourth-order valence-electron chi connectivity index (χ4n) is 5.22. The normalized spacial score (nSPS) is 27.0. The number of nitrogen functional groups attached to an aromatic ring is 1. The first kappa shape index (κ1) is 16.0. The molecule has 4 aliphatic rings. The highest BCUT2D eigenvalue weighted by Gasteiger charge is 2.62. The lowest BCUT2D eigenvalue weighted by Gasteiger charge is -2.47. The highest BCUT2D eigenvalue weighted by Crippen LogP contribution is 2.64. The molecule has 5 nitrogen and oxygen atoms in total. The zero-order valence-corrected chi connectivity index (χ0v) is 15.9. The highest BCUT2D eigenvalue weighted by molar-refractivity contribution is 9.10. The maximum Gasteiger partial charge on any atom is 0.181 e. The van der Waals surface area contributed by atoms with Crippen LogP contribution >= 0.6 is 15.9 Å². The van der Waals surface area contributed by atoms with Crippen molar-refractivity contribution in [2.24, 2.45) is 15.4 Å². The van der Waals surface area contributed by atoms with Crippen LogP contribution in [0.4, 0.5) is 5.69 Å². The molecule has 1 aromatic carbocycles. The molecule has 6 heteroatoms. The molecule has 0 aromatic heterocycles. The van der Waals surface area contributed by atoms with E-state index in [0.717, 1.165) is 53.4 Å². The summed E-state index contributed by atoms with van der Waals surface area (Å²) < 4.78 is 12.9. The van der Waals surface area contributed by atoms with Gasteiger partial charge in [0.1, 0.15) is 0 Å². The van der Waals surface area contributed by atoms with E-state index in [1.807, 2.05) is 12.4 Å². The Morgan fingerprint density at radius 2 is 1.72 bits per heavy atom. The molecule has 1 saturated heterocycles. The molecule has 0 unspecified atom stereocenters. The van der Waals surface area contributed by atoms with E-state index in [1.165, 1.54) is 5.56 Å². The summed E-state index contributed by atoms with van der Waals surface area (Å²) in [5, 5.41) is 0. The Bertz CT molecular complexity index is 789. The van der Waals surface area contributed by atoms with Crippen LogP contribution in [0.15, 0.2) is 20.5 Å². The van der Waals surface area contributed by atoms with Crippen molar-refractivity contribution in [2.45, 2.75) is 50.5 Å². The lowest BCUT2D eigenvalue weighted by Crippen LogP contribution is -2.47. The first-order chi connectivity index (χ1) is 12.0. The molecular weight excluding hydrogens is 382 g/mol. The van der Waals surface area contributed by atoms with Gasteiger partial charge in [0.2, 0.25) is 0 Å². The molecule has 5 rings (SSSR count). The number of benzene rings is 1. The van der Waals surface area contributed by atoms with Crippen LogP contribution in [-0.2, 0) is 21.6 Å². The van der Waals surface area contributed by atoms with Gasteiger partial charge < -0.3 is 15.2 Å². The minimum atomic E-state index is -0.535. The van der Waals surface area contributed by atoms with Crippen molar-refractivity contribution < 1.29 is 9.47 Å². The van der Waals surface area contributed by atoms with E-state index < -0.39 is 5.66 Å². The molecule has 2 heterocycles. The van der Waals surface area contributed by atoms with Gasteiger partial charge in [-0.05, 0) is 43.4 Å². The van der Waals surface area contributed by atoms with E-state index in [4.69, 9.17) is 25.2 Å². The topological polar surface area (TPSA) is 69.2 Å². The largest absolute Gasteiger partial charge is 0.398 e. The van der Waals surface area contributed by atoms with Crippen LogP contribution in [0.1, 0.15) is 42.4 Å². The van der Waals surface area contributed by atoms with Crippen molar-refractivity contribution in [3.63, 3.8) is 0 Å². The Balaban J connectivity index is 1.61. The Morgan fingerprint density at radius 3 is 2.36 bits per heavy atom. The molecule has 1 saturated carbocycles. The number of rotatable bonds is 0. The van der Waals surface area contributed by atoms with Crippen LogP contribution in [-0.4, -0.2) is 31.4 Å². The van der Waals surface area contributed by atoms with E-state index in [2.05, 4.69) is 28.9 Å². The quantitative estimate of drug-likeness (QED) is 0.673. The van der Waals surface area contributed by atoms with Gasteiger partial charge >= 0.3 is 0 Å². The van der Waals surface area contributed by atoms with Crippen LogP contribution in [0, 0.1) is 12.3 Å². The summed E-state index contributed by atoms with van der Waals surface area (Å²) in [6, 6.07) is 2.18. The molecule has 0 radical (unpaired) electrons. The van der Waals surface area contributed by atoms with Gasteiger partial charge in [0.15, 0.2) is 11.4 Å². The molecule has 2 fully saturated rings. The second-order valence-corrected chi connectivity index (χ2v) is 8.57. The van der Waals surface area contributed by atoms with Crippen LogP contribution in [0.2, 0.25) is 0 Å². The summed E-state index contributed by atoms with van der Waals surface area (Å²) in [5.74, 6) is -0.380. The van der Waals surface area contributed by atoms with Gasteiger partial charge in [-0.15, -0.1) is 0 Å². The molecule has 3 spiro atoms. The minimum absolute atomic E-state index is 0.0409. The molecule has 132 valence electrons. The number of ether oxygens (including phenoxy) is 2. The molecule has 2 N–H and O–H groups in total. The van der Waals surface area contributed by atoms with E-state index >= 15 is 0 Å². The first-order valence-electron chi connectivity index (χ1n) is 8.96. The average molecular weight is 404 g/mol. The number of fused-ring (bicyclic) bond motifs is 3. The van der Waals surface area contributed by atoms with Gasteiger partial charge in [-0.3, -0.25) is 9.98 Å². The smallest absolute Gasteiger partial charge is 0.181 e. The maximum atomic E-state index is 6.51. The minimum Gasteiger partial charge on any atom is -0.398 e. The predicted octanol–water partition coefficient (Wildman–Crippen LogP) is 3.51. The fourth-order valence-corrected chi connectivity index (χ4v) is 5.66. The lowest BCUT2D eigenvalue weighted by molar-refractivity contribution is -0.196. The first-order valence-corrected chi connectivity index (χ1v) is 9.75. The third-order valence-electron chi connectivity index (χ3n) is 6.69. The Hall–Kier alpha value is -1.24. The van der Waals surface area contributed by atoms with E-state index in [-0.39, 0.29) is 11.2 Å². The number of anilines is 1. The summed E-state index contributed by atoms with van der Waals surface area (Å²) >= 11 is 3.67. The molecule has 2 aliphatic heterocycles. The number of hydrogen-bond donors (Lipinski definition) is 1. The Labute approximate surface area is 155 Å². The van der Waals surface area contributed by atoms with Crippen molar-refractivity contribution >= 4 is 34.0 Å². The molecular formula is C19H22BrN3O2. The van der Waals surface area contributed by atoms with Gasteiger partial charge in [0.25, 0.3) is 0 Å². The van der Waals surface area contributed by atoms with Crippen LogP contribution in [0.25, 0.3) is 0 Å². The van der Waals surface area contributed by atoms with Crippen LogP contribution in [0.5, 0.6) is 0 Å². The van der Waals surface area contributed by atoms with Crippen molar-refractivity contribution in [1.82, 2.24) is 0 Å². The maximum absolute atomic E-state index is 6.51. The molecule has 0 amide bonds. The summed E-state index contributed by atoms with van der Waals surface area (Å²) in [7, 11) is 0. The van der Waals surface area contributed by atoms with E-state index in [1.54, 1.807) is 0 Å². The van der Waals surface area contributed by atoms with Crippen molar-refractivity contribution in [2.75, 3.05) is 18.9 Å². The molecule has 0 bridgehead atoms. The second-order valence-electron chi connectivity index (χ2n) is 7.72. The molecule has 25 heavy (non-hydrogen) atoms. The molecule has 0 atom stereocenters. The monoisotopic (exact) mass is 403 g/mol. The van der Waals surface area contributed by atoms with Crippen molar-refractivity contribution in [1.29, 1.82) is 0 Å². The second kappa shape index (κ2) is 5.15. The van der Waals surface area contributed by atoms with Gasteiger partial charge in [-0.1, -0.05) is 15.9 Å². The highest BCUT2D eigenvalue weighted by atomic mass is 79.9. The van der Waals surface area contributed by atoms with Gasteiger partial charge in [-0.25, -0.2) is 0 Å². The fraction of sp³-hybridized carbons (Fsp3) is 0.579. The zero-order chi connectivity index (χ0) is 17.3. The van der Waals surface area contributed by atoms with Crippen molar-refractivity contribution in [3.8, 4) is 0 Å². The summed E-state index contributed by atoms with van der Waals surface area (Å²) in [6.45, 7) is 3.47. The van der Waals surface area contributed by atoms with E-state index in [0.29, 0.717) is 13.2 Å². The zero-order valence-electron chi connectivity index (χ0n) is 14.3. The Kier molecular flexibility index (Phi) is 3.29. The number of aliphatic imine (C=N–C) groups is 2. The SMILES string of the molecule is Cc1c(Br)cc2c(c1N)CC1(CCC3(CC1)OCCO3)C21N=CC=N1.